The van der Waals surface area contributed by atoms with E-state index in [1.165, 1.54) is 0 Å². The number of amides is 1. The topological polar surface area (TPSA) is 45.7 Å². The van der Waals surface area contributed by atoms with Gasteiger partial charge in [-0.15, -0.1) is 0 Å². The van der Waals surface area contributed by atoms with E-state index in [-0.39, 0.29) is 5.91 Å². The summed E-state index contributed by atoms with van der Waals surface area (Å²) in [4.78, 5) is 9.76. The monoisotopic (exact) mass is 73.0 g/mol. The number of nitrogens with two attached hydrogens (primary N) is 1. The van der Waals surface area contributed by atoms with Crippen LogP contribution in [0.15, 0.2) is 0 Å². The van der Waals surface area contributed by atoms with E-state index in [9.17, 15) is 4.79 Å². The molecule has 1 amide bonds. The van der Waals surface area contributed by atoms with Crippen molar-refractivity contribution in [1.82, 2.24) is 5.43 Å². The number of quaternary nitrogens is 1. The van der Waals surface area contributed by atoms with E-state index in [4.69, 9.17) is 0 Å². The SMILES string of the molecule is O=C1C[NH2+]N1. The molecule has 1 rings (SSSR count). The molecule has 0 aromatic carbocycles. The Balaban J connectivity index is 2.32. The zero-order valence-electron chi connectivity index (χ0n) is 2.69. The van der Waals surface area contributed by atoms with Gasteiger partial charge in [0.15, 0.2) is 6.54 Å². The van der Waals surface area contributed by atoms with Crippen LogP contribution in [0.1, 0.15) is 0 Å². The third-order valence-corrected chi connectivity index (χ3v) is 0.551. The predicted molar refractivity (Wildman–Crippen MR) is 14.9 cm³/mol. The highest BCUT2D eigenvalue weighted by atomic mass is 16.2. The number of nitrogens with one attached hydrogen (secondary N) is 1. The Bertz CT molecular complexity index is 54.7. The third-order valence-electron chi connectivity index (χ3n) is 0.551. The van der Waals surface area contributed by atoms with Gasteiger partial charge in [0.25, 0.3) is 0 Å². The lowest BCUT2D eigenvalue weighted by Gasteiger charge is -2.07. The molecule has 0 aromatic rings. The molecule has 0 saturated carbocycles. The fraction of sp³-hybridized carbons (Fsp3) is 0.500. The fourth-order valence-corrected chi connectivity index (χ4v) is 0.185. The van der Waals surface area contributed by atoms with Crippen molar-refractivity contribution in [3.05, 3.63) is 0 Å². The molecule has 0 spiro atoms. The molecule has 1 heterocycles. The van der Waals surface area contributed by atoms with Gasteiger partial charge in [0.1, 0.15) is 0 Å². The molecule has 0 unspecified atom stereocenters. The minimum absolute atomic E-state index is 0.130. The molecule has 1 fully saturated rings. The van der Waals surface area contributed by atoms with Crippen LogP contribution in [0.3, 0.4) is 0 Å². The molecule has 0 aromatic heterocycles. The van der Waals surface area contributed by atoms with Crippen LogP contribution in [0.4, 0.5) is 0 Å². The second kappa shape index (κ2) is 0.687. The van der Waals surface area contributed by atoms with Gasteiger partial charge in [-0.1, -0.05) is 0 Å². The maximum absolute atomic E-state index is 9.76. The van der Waals surface area contributed by atoms with Crippen LogP contribution in [-0.2, 0) is 4.79 Å². The standard InChI is InChI=1S/C2H4N2O/c5-2-1-3-4-2/h3H,1H2,(H,4,5)/p+1. The van der Waals surface area contributed by atoms with Gasteiger partial charge in [-0.2, -0.15) is 5.43 Å². The first-order valence-electron chi connectivity index (χ1n) is 1.50. The van der Waals surface area contributed by atoms with E-state index in [0.29, 0.717) is 6.54 Å². The van der Waals surface area contributed by atoms with Gasteiger partial charge in [0.2, 0.25) is 0 Å². The van der Waals surface area contributed by atoms with Crippen LogP contribution >= 0.6 is 0 Å². The van der Waals surface area contributed by atoms with Crippen molar-refractivity contribution in [2.75, 3.05) is 6.54 Å². The summed E-state index contributed by atoms with van der Waals surface area (Å²) in [6.07, 6.45) is 0. The van der Waals surface area contributed by atoms with E-state index in [1.807, 2.05) is 0 Å². The molecule has 5 heavy (non-hydrogen) atoms. The van der Waals surface area contributed by atoms with Crippen molar-refractivity contribution in [3.8, 4) is 0 Å². The van der Waals surface area contributed by atoms with Crippen LogP contribution in [-0.4, -0.2) is 12.5 Å². The summed E-state index contributed by atoms with van der Waals surface area (Å²) < 4.78 is 0. The van der Waals surface area contributed by atoms with Crippen molar-refractivity contribution in [2.45, 2.75) is 0 Å². The molecule has 3 heteroatoms. The summed E-state index contributed by atoms with van der Waals surface area (Å²) in [7, 11) is 0. The summed E-state index contributed by atoms with van der Waals surface area (Å²) in [6.45, 7) is 0.611. The normalized spacial score (nSPS) is 20.4. The molecule has 1 saturated heterocycles. The molecular formula is C2H5N2O+. The summed E-state index contributed by atoms with van der Waals surface area (Å²) in [6, 6.07) is 0. The van der Waals surface area contributed by atoms with Gasteiger partial charge in [-0.3, -0.25) is 4.79 Å². The number of carbonyl (C=O) groups excluding carboxylic acids is 1. The molecule has 0 aliphatic carbocycles. The lowest BCUT2D eigenvalue weighted by Crippen LogP contribution is -3.06. The maximum atomic E-state index is 9.76. The summed E-state index contributed by atoms with van der Waals surface area (Å²) in [5.74, 6) is 0.130. The Morgan fingerprint density at radius 1 is 2.00 bits per heavy atom. The first kappa shape index (κ1) is 2.66. The largest absolute Gasteiger partial charge is 0.322 e. The minimum Gasteiger partial charge on any atom is -0.263 e. The smallest absolute Gasteiger partial charge is 0.263 e. The second-order valence-corrected chi connectivity index (χ2v) is 0.976. The molecule has 0 radical (unpaired) electrons. The molecule has 3 N–H and O–H groups in total. The first-order valence-corrected chi connectivity index (χ1v) is 1.50. The molecular weight excluding hydrogens is 68.0 g/mol. The van der Waals surface area contributed by atoms with Gasteiger partial charge in [-0.25, -0.2) is 5.43 Å². The first-order chi connectivity index (χ1) is 2.39. The Kier molecular flexibility index (Phi) is 0.365. The molecule has 0 bridgehead atoms. The van der Waals surface area contributed by atoms with Crippen molar-refractivity contribution >= 4 is 5.91 Å². The van der Waals surface area contributed by atoms with Crippen molar-refractivity contribution in [3.63, 3.8) is 0 Å². The highest BCUT2D eigenvalue weighted by molar-refractivity contribution is 5.77. The van der Waals surface area contributed by atoms with Crippen LogP contribution in [0.2, 0.25) is 0 Å². The van der Waals surface area contributed by atoms with E-state index in [0.717, 1.165) is 0 Å². The Morgan fingerprint density at radius 3 is 2.40 bits per heavy atom. The van der Waals surface area contributed by atoms with Crippen LogP contribution < -0.4 is 10.9 Å². The number of hydrogen-bond donors (Lipinski definition) is 2. The summed E-state index contributed by atoms with van der Waals surface area (Å²) in [5, 5.41) is 0. The number of carbonyl (C=O) groups is 1. The zero-order chi connectivity index (χ0) is 3.70. The van der Waals surface area contributed by atoms with Gasteiger partial charge in [0.05, 0.1) is 0 Å². The van der Waals surface area contributed by atoms with Crippen LogP contribution in [0, 0.1) is 0 Å². The molecule has 1 aliphatic heterocycles. The quantitative estimate of drug-likeness (QED) is 0.243. The molecule has 1 aliphatic rings. The number of rotatable bonds is 0. The van der Waals surface area contributed by atoms with Crippen molar-refractivity contribution in [2.24, 2.45) is 0 Å². The van der Waals surface area contributed by atoms with E-state index >= 15 is 0 Å². The van der Waals surface area contributed by atoms with Crippen molar-refractivity contribution in [1.29, 1.82) is 0 Å². The maximum Gasteiger partial charge on any atom is 0.322 e. The number of hydrogen-bond acceptors (Lipinski definition) is 1. The molecule has 0 atom stereocenters. The van der Waals surface area contributed by atoms with Gasteiger partial charge >= 0.3 is 5.91 Å². The van der Waals surface area contributed by atoms with Gasteiger partial charge in [-0.05, 0) is 0 Å². The second-order valence-electron chi connectivity index (χ2n) is 0.976. The Hall–Kier alpha value is -0.570. The fourth-order valence-electron chi connectivity index (χ4n) is 0.185. The Labute approximate surface area is 29.3 Å². The third kappa shape index (κ3) is 0.238. The highest BCUT2D eigenvalue weighted by Crippen LogP contribution is 1.51. The molecule has 3 nitrogen and oxygen atoms in total. The average Bonchev–Trinajstić information content (AvgIpc) is 1.30. The van der Waals surface area contributed by atoms with E-state index in [2.05, 4.69) is 5.43 Å². The highest BCUT2D eigenvalue weighted by Gasteiger charge is 2.12. The van der Waals surface area contributed by atoms with E-state index < -0.39 is 0 Å². The zero-order valence-corrected chi connectivity index (χ0v) is 2.69. The average molecular weight is 73.1 g/mol. The lowest BCUT2D eigenvalue weighted by atomic mass is 10.6. The van der Waals surface area contributed by atoms with Gasteiger partial charge in [0, 0.05) is 0 Å². The Morgan fingerprint density at radius 2 is 2.40 bits per heavy atom. The van der Waals surface area contributed by atoms with E-state index in [1.54, 1.807) is 5.43 Å². The lowest BCUT2D eigenvalue weighted by molar-refractivity contribution is -0.723. The summed E-state index contributed by atoms with van der Waals surface area (Å²) in [5.41, 5.74) is 4.17. The molecule has 28 valence electrons. The van der Waals surface area contributed by atoms with Crippen molar-refractivity contribution < 1.29 is 10.2 Å². The predicted octanol–water partition coefficient (Wildman–Crippen LogP) is -2.41. The summed E-state index contributed by atoms with van der Waals surface area (Å²) >= 11 is 0. The van der Waals surface area contributed by atoms with Crippen LogP contribution in [0.5, 0.6) is 0 Å². The van der Waals surface area contributed by atoms with Crippen LogP contribution in [0.25, 0.3) is 0 Å². The minimum atomic E-state index is 0.130. The van der Waals surface area contributed by atoms with Gasteiger partial charge < -0.3 is 0 Å².